The van der Waals surface area contributed by atoms with Gasteiger partial charge >= 0.3 is 5.97 Å². The van der Waals surface area contributed by atoms with Gasteiger partial charge in [0.1, 0.15) is 25.5 Å². The van der Waals surface area contributed by atoms with Gasteiger partial charge in [-0.15, -0.1) is 10.2 Å². The number of hydrogen-bond donors (Lipinski definition) is 1. The molecule has 7 nitrogen and oxygen atoms in total. The molecule has 2 radical (unpaired) electrons. The fourth-order valence-corrected chi connectivity index (χ4v) is 3.54. The molecule has 3 aromatic rings. The third-order valence-electron chi connectivity index (χ3n) is 5.13. The lowest BCUT2D eigenvalue weighted by molar-refractivity contribution is -0.136. The van der Waals surface area contributed by atoms with Crippen molar-refractivity contribution in [2.24, 2.45) is 0 Å². The van der Waals surface area contributed by atoms with Gasteiger partial charge in [-0.3, -0.25) is 9.78 Å². The maximum Gasteiger partial charge on any atom is 0.307 e. The summed E-state index contributed by atoms with van der Waals surface area (Å²) in [4.78, 5) is 17.1. The van der Waals surface area contributed by atoms with Gasteiger partial charge in [0, 0.05) is 50.0 Å². The number of rotatable bonds is 6. The zero-order valence-corrected chi connectivity index (χ0v) is 16.7. The molecule has 3 heterocycles. The Morgan fingerprint density at radius 2 is 1.97 bits per heavy atom. The van der Waals surface area contributed by atoms with Crippen LogP contribution in [0.25, 0.3) is 11.3 Å². The number of aromatic nitrogens is 3. The first-order valence-electron chi connectivity index (χ1n) is 9.94. The van der Waals surface area contributed by atoms with Crippen molar-refractivity contribution in [2.45, 2.75) is 25.4 Å². The van der Waals surface area contributed by atoms with E-state index in [-0.39, 0.29) is 18.3 Å². The minimum Gasteiger partial charge on any atom is -0.491 e. The highest BCUT2D eigenvalue weighted by atomic mass is 19.1. The van der Waals surface area contributed by atoms with E-state index in [0.717, 1.165) is 37.3 Å². The fourth-order valence-electron chi connectivity index (χ4n) is 3.54. The number of halogens is 1. The lowest BCUT2D eigenvalue weighted by Crippen LogP contribution is -2.39. The Bertz CT molecular complexity index is 1070. The van der Waals surface area contributed by atoms with Crippen LogP contribution in [0.15, 0.2) is 48.8 Å². The van der Waals surface area contributed by atoms with Crippen molar-refractivity contribution in [2.75, 3.05) is 18.0 Å². The molecule has 1 saturated heterocycles. The molecule has 0 amide bonds. The second-order valence-electron chi connectivity index (χ2n) is 7.42. The number of ether oxygens (including phenoxy) is 1. The van der Waals surface area contributed by atoms with Crippen molar-refractivity contribution in [1.29, 1.82) is 0 Å². The van der Waals surface area contributed by atoms with E-state index < -0.39 is 5.97 Å². The molecule has 2 aromatic heterocycles. The monoisotopic (exact) mass is 418 g/mol. The van der Waals surface area contributed by atoms with E-state index in [1.165, 1.54) is 24.4 Å². The maximum atomic E-state index is 13.4. The van der Waals surface area contributed by atoms with Crippen LogP contribution in [0.1, 0.15) is 18.4 Å². The highest BCUT2D eigenvalue weighted by molar-refractivity contribution is 6.34. The molecule has 1 aromatic carbocycles. The van der Waals surface area contributed by atoms with Crippen molar-refractivity contribution in [1.82, 2.24) is 15.2 Å². The quantitative estimate of drug-likeness (QED) is 0.614. The fraction of sp³-hybridized carbons (Fsp3) is 0.273. The molecule has 0 unspecified atom stereocenters. The van der Waals surface area contributed by atoms with Crippen LogP contribution >= 0.6 is 0 Å². The van der Waals surface area contributed by atoms with Crippen LogP contribution in [0.4, 0.5) is 10.2 Å². The van der Waals surface area contributed by atoms with Gasteiger partial charge in [0.25, 0.3) is 0 Å². The normalized spacial score (nSPS) is 14.4. The minimum absolute atomic E-state index is 0.0457. The van der Waals surface area contributed by atoms with E-state index >= 15 is 0 Å². The summed E-state index contributed by atoms with van der Waals surface area (Å²) in [6.45, 7) is 1.45. The summed E-state index contributed by atoms with van der Waals surface area (Å²) in [7, 11) is 5.87. The average molecular weight is 418 g/mol. The summed E-state index contributed by atoms with van der Waals surface area (Å²) < 4.78 is 19.3. The maximum absolute atomic E-state index is 13.4. The Kier molecular flexibility index (Phi) is 6.11. The topological polar surface area (TPSA) is 88.4 Å². The van der Waals surface area contributed by atoms with Gasteiger partial charge in [0.05, 0.1) is 12.1 Å². The number of carboxylic acid groups (broad SMARTS) is 1. The largest absolute Gasteiger partial charge is 0.491 e. The molecular formula is C22H20BFN4O3. The molecule has 0 spiro atoms. The lowest BCUT2D eigenvalue weighted by atomic mass is 9.95. The molecule has 1 fully saturated rings. The van der Waals surface area contributed by atoms with Crippen LogP contribution in [0, 0.1) is 5.82 Å². The molecule has 1 aliphatic heterocycles. The molecule has 9 heteroatoms. The number of carbonyl (C=O) groups is 1. The molecule has 0 aliphatic carbocycles. The van der Waals surface area contributed by atoms with Gasteiger partial charge in [-0.05, 0) is 29.8 Å². The predicted octanol–water partition coefficient (Wildman–Crippen LogP) is 2.15. The first kappa shape index (κ1) is 20.8. The number of aliphatic carboxylic acids is 1. The Balaban J connectivity index is 1.37. The summed E-state index contributed by atoms with van der Waals surface area (Å²) >= 11 is 0. The summed E-state index contributed by atoms with van der Waals surface area (Å²) in [5, 5.41) is 17.6. The number of anilines is 1. The summed E-state index contributed by atoms with van der Waals surface area (Å²) in [6.07, 6.45) is 4.53. The Hall–Kier alpha value is -3.49. The second-order valence-corrected chi connectivity index (χ2v) is 7.42. The molecule has 4 rings (SSSR count). The van der Waals surface area contributed by atoms with Crippen molar-refractivity contribution < 1.29 is 19.0 Å². The minimum atomic E-state index is -0.909. The van der Waals surface area contributed by atoms with Gasteiger partial charge in [0.2, 0.25) is 0 Å². The Labute approximate surface area is 180 Å². The van der Waals surface area contributed by atoms with Gasteiger partial charge in [-0.1, -0.05) is 11.5 Å². The van der Waals surface area contributed by atoms with Gasteiger partial charge in [0.15, 0.2) is 5.82 Å². The predicted molar refractivity (Wildman–Crippen MR) is 114 cm³/mol. The van der Waals surface area contributed by atoms with E-state index in [0.29, 0.717) is 22.5 Å². The van der Waals surface area contributed by atoms with Crippen LogP contribution in [0.2, 0.25) is 0 Å². The van der Waals surface area contributed by atoms with Gasteiger partial charge in [-0.2, -0.15) is 0 Å². The Morgan fingerprint density at radius 1 is 1.16 bits per heavy atom. The van der Waals surface area contributed by atoms with Crippen LogP contribution in [0.5, 0.6) is 5.75 Å². The summed E-state index contributed by atoms with van der Waals surface area (Å²) in [5.41, 5.74) is 2.38. The molecule has 1 aliphatic rings. The SMILES string of the molecule is [B]c1ccc(F)cc1OC1CCN(c2ccc(-c3cncc(CC(=O)O)c3)nn2)CC1. The van der Waals surface area contributed by atoms with Crippen molar-refractivity contribution >= 4 is 25.1 Å². The third kappa shape index (κ3) is 5.17. The smallest absolute Gasteiger partial charge is 0.307 e. The molecule has 1 N–H and O–H groups in total. The summed E-state index contributed by atoms with van der Waals surface area (Å²) in [5.74, 6) is -0.156. The molecule has 0 bridgehead atoms. The average Bonchev–Trinajstić information content (AvgIpc) is 2.77. The number of carboxylic acids is 1. The molecule has 156 valence electrons. The van der Waals surface area contributed by atoms with Gasteiger partial charge < -0.3 is 14.7 Å². The summed E-state index contributed by atoms with van der Waals surface area (Å²) in [6, 6.07) is 9.62. The number of piperidine rings is 1. The lowest BCUT2D eigenvalue weighted by Gasteiger charge is -2.33. The number of nitrogens with zero attached hydrogens (tertiary/aromatic N) is 4. The van der Waals surface area contributed by atoms with E-state index in [9.17, 15) is 9.18 Å². The van der Waals surface area contributed by atoms with Crippen molar-refractivity contribution in [3.05, 3.63) is 60.2 Å². The van der Waals surface area contributed by atoms with E-state index in [1.54, 1.807) is 12.3 Å². The van der Waals surface area contributed by atoms with E-state index in [2.05, 4.69) is 20.1 Å². The number of hydrogen-bond acceptors (Lipinski definition) is 6. The third-order valence-corrected chi connectivity index (χ3v) is 5.13. The van der Waals surface area contributed by atoms with Gasteiger partial charge in [-0.25, -0.2) is 4.39 Å². The van der Waals surface area contributed by atoms with E-state index in [4.69, 9.17) is 17.7 Å². The molecule has 0 atom stereocenters. The van der Waals surface area contributed by atoms with Crippen LogP contribution < -0.4 is 15.1 Å². The molecule has 0 saturated carbocycles. The highest BCUT2D eigenvalue weighted by Gasteiger charge is 2.22. The van der Waals surface area contributed by atoms with Crippen LogP contribution in [0.3, 0.4) is 0 Å². The second kappa shape index (κ2) is 9.12. The number of benzene rings is 1. The zero-order chi connectivity index (χ0) is 21.8. The van der Waals surface area contributed by atoms with Crippen LogP contribution in [-0.2, 0) is 11.2 Å². The molecule has 31 heavy (non-hydrogen) atoms. The first-order chi connectivity index (χ1) is 15.0. The molecular weight excluding hydrogens is 398 g/mol. The van der Waals surface area contributed by atoms with Crippen molar-refractivity contribution in [3.63, 3.8) is 0 Å². The van der Waals surface area contributed by atoms with E-state index in [1.807, 2.05) is 12.1 Å². The van der Waals surface area contributed by atoms with Crippen molar-refractivity contribution in [3.8, 4) is 17.0 Å². The Morgan fingerprint density at radius 3 is 2.68 bits per heavy atom. The number of pyridine rings is 1. The zero-order valence-electron chi connectivity index (χ0n) is 16.7. The standard InChI is InChI=1S/C22H20BFN4O3/c23-18-2-1-16(24)11-20(18)31-17-5-7-28(8-6-17)21-4-3-19(26-27-21)15-9-14(10-22(29)30)12-25-13-15/h1-4,9,11-13,17H,5-8,10H2,(H,29,30). The first-order valence-corrected chi connectivity index (χ1v) is 9.94. The van der Waals surface area contributed by atoms with Crippen LogP contribution in [-0.4, -0.2) is 53.3 Å². The highest BCUT2D eigenvalue weighted by Crippen LogP contribution is 2.23.